The van der Waals surface area contributed by atoms with E-state index >= 15 is 0 Å². The van der Waals surface area contributed by atoms with Crippen molar-refractivity contribution in [2.24, 2.45) is 5.92 Å². The molecule has 4 heterocycles. The molecule has 0 spiro atoms. The van der Waals surface area contributed by atoms with Crippen molar-refractivity contribution < 1.29 is 22.3 Å². The van der Waals surface area contributed by atoms with Crippen LogP contribution in [-0.2, 0) is 16.6 Å². The molecule has 4 N–H and O–H groups in total. The van der Waals surface area contributed by atoms with Gasteiger partial charge in [-0.05, 0) is 81.5 Å². The molecular formula is C26H32N6O5S3. The number of fused-ring (bicyclic) bond motifs is 1. The van der Waals surface area contributed by atoms with Crippen molar-refractivity contribution in [3.63, 3.8) is 0 Å². The molecule has 11 nitrogen and oxygen atoms in total. The summed E-state index contributed by atoms with van der Waals surface area (Å²) in [6, 6.07) is 8.84. The van der Waals surface area contributed by atoms with Crippen LogP contribution >= 0.6 is 22.1 Å². The second kappa shape index (κ2) is 9.96. The minimum absolute atomic E-state index is 0.0146. The molecule has 14 heteroatoms. The van der Waals surface area contributed by atoms with Crippen molar-refractivity contribution in [3.05, 3.63) is 47.2 Å². The molecule has 2 aliphatic heterocycles. The predicted octanol–water partition coefficient (Wildman–Crippen LogP) is 4.80. The van der Waals surface area contributed by atoms with Gasteiger partial charge in [-0.3, -0.25) is 18.2 Å². The van der Waals surface area contributed by atoms with E-state index in [2.05, 4.69) is 20.0 Å². The Labute approximate surface area is 239 Å². The molecule has 0 radical (unpaired) electrons. The summed E-state index contributed by atoms with van der Waals surface area (Å²) < 4.78 is 50.7. The Hall–Kier alpha value is -2.75. The molecule has 2 fully saturated rings. The third-order valence-corrected chi connectivity index (χ3v) is 12.2. The van der Waals surface area contributed by atoms with E-state index in [1.165, 1.54) is 18.4 Å². The second-order valence-electron chi connectivity index (χ2n) is 10.5. The van der Waals surface area contributed by atoms with Crippen LogP contribution in [0.2, 0.25) is 0 Å². The summed E-state index contributed by atoms with van der Waals surface area (Å²) in [5.74, 6) is 1.54. The zero-order chi connectivity index (χ0) is 28.4. The number of carbonyl (C=O) groups excluding carboxylic acids is 1. The lowest BCUT2D eigenvalue weighted by Gasteiger charge is -2.37. The minimum atomic E-state index is -3.90. The number of pyridine rings is 1. The van der Waals surface area contributed by atoms with Gasteiger partial charge < -0.3 is 10.2 Å². The van der Waals surface area contributed by atoms with Gasteiger partial charge in [-0.1, -0.05) is 17.4 Å². The van der Waals surface area contributed by atoms with Gasteiger partial charge >= 0.3 is 0 Å². The van der Waals surface area contributed by atoms with Crippen LogP contribution in [0.4, 0.5) is 16.8 Å². The molecule has 1 aliphatic carbocycles. The van der Waals surface area contributed by atoms with Gasteiger partial charge in [-0.15, -0.1) is 10.8 Å². The highest BCUT2D eigenvalue weighted by molar-refractivity contribution is 8.25. The van der Waals surface area contributed by atoms with E-state index in [1.807, 2.05) is 19.9 Å². The van der Waals surface area contributed by atoms with Crippen LogP contribution in [0.5, 0.6) is 0 Å². The van der Waals surface area contributed by atoms with Crippen LogP contribution in [0.3, 0.4) is 0 Å². The van der Waals surface area contributed by atoms with Crippen LogP contribution in [-0.4, -0.2) is 63.7 Å². The van der Waals surface area contributed by atoms with Crippen molar-refractivity contribution in [2.75, 3.05) is 29.0 Å². The van der Waals surface area contributed by atoms with Gasteiger partial charge in [0.15, 0.2) is 5.13 Å². The van der Waals surface area contributed by atoms with E-state index in [0.717, 1.165) is 17.7 Å². The van der Waals surface area contributed by atoms with E-state index in [0.29, 0.717) is 64.8 Å². The molecule has 214 valence electrons. The minimum Gasteiger partial charge on any atom is -0.331 e. The number of aromatic nitrogens is 2. The zero-order valence-electron chi connectivity index (χ0n) is 22.4. The number of hydrogen-bond donors (Lipinski definition) is 4. The molecule has 1 saturated carbocycles. The molecule has 40 heavy (non-hydrogen) atoms. The van der Waals surface area contributed by atoms with Crippen LogP contribution in [0, 0.1) is 12.8 Å². The third kappa shape index (κ3) is 4.86. The number of amides is 1. The standard InChI is InChI=1S/C26H32N6O5S3/c1-15-24(38-26(28-15)30-21-6-4-7-22(29-21)32-10-5-11-39(32,34)35)18-12-19-14-31(16(2)17-8-9-17)25(33)23(19)20(13-18)40(36,37)27-3/h4,6-7,12-13,16-17,27,34-35H,5,8-11,14H2,1-3H3,(H,28,29,30)/t16-/m0/s1. The molecule has 1 amide bonds. The highest BCUT2D eigenvalue weighted by Gasteiger charge is 2.41. The Morgan fingerprint density at radius 3 is 2.65 bits per heavy atom. The molecule has 3 aromatic rings. The first-order valence-electron chi connectivity index (χ1n) is 13.2. The molecular weight excluding hydrogens is 573 g/mol. The number of nitrogens with one attached hydrogen (secondary N) is 2. The number of rotatable bonds is 8. The van der Waals surface area contributed by atoms with E-state index in [4.69, 9.17) is 0 Å². The van der Waals surface area contributed by atoms with Gasteiger partial charge in [0.05, 0.1) is 26.8 Å². The summed E-state index contributed by atoms with van der Waals surface area (Å²) >= 11 is 1.36. The van der Waals surface area contributed by atoms with E-state index in [9.17, 15) is 22.3 Å². The maximum Gasteiger partial charge on any atom is 0.256 e. The average molecular weight is 605 g/mol. The summed E-state index contributed by atoms with van der Waals surface area (Å²) in [7, 11) is -5.41. The Kier molecular flexibility index (Phi) is 6.83. The van der Waals surface area contributed by atoms with Gasteiger partial charge in [-0.2, -0.15) is 0 Å². The Bertz CT molecular complexity index is 1600. The number of nitrogens with zero attached hydrogens (tertiary/aromatic N) is 4. The molecule has 3 aliphatic rings. The lowest BCUT2D eigenvalue weighted by Crippen LogP contribution is -2.35. The summed E-state index contributed by atoms with van der Waals surface area (Å²) in [6.45, 7) is 4.79. The van der Waals surface area contributed by atoms with Crippen molar-refractivity contribution in [1.29, 1.82) is 0 Å². The van der Waals surface area contributed by atoms with Gasteiger partial charge in [0, 0.05) is 19.1 Å². The van der Waals surface area contributed by atoms with Crippen LogP contribution in [0.15, 0.2) is 35.2 Å². The zero-order valence-corrected chi connectivity index (χ0v) is 24.9. The lowest BCUT2D eigenvalue weighted by molar-refractivity contribution is 0.0694. The molecule has 0 unspecified atom stereocenters. The van der Waals surface area contributed by atoms with Crippen molar-refractivity contribution in [2.45, 2.75) is 50.6 Å². The highest BCUT2D eigenvalue weighted by Crippen LogP contribution is 2.50. The van der Waals surface area contributed by atoms with Gasteiger partial charge in [-0.25, -0.2) is 23.1 Å². The molecule has 1 aromatic carbocycles. The number of anilines is 3. The summed E-state index contributed by atoms with van der Waals surface area (Å²) in [6.07, 6.45) is 2.86. The smallest absolute Gasteiger partial charge is 0.256 e. The first-order valence-corrected chi connectivity index (χ1v) is 17.1. The predicted molar refractivity (Wildman–Crippen MR) is 158 cm³/mol. The Morgan fingerprint density at radius 1 is 1.20 bits per heavy atom. The fraction of sp³-hybridized carbons (Fsp3) is 0.423. The topological polar surface area (TPSA) is 148 Å². The van der Waals surface area contributed by atoms with E-state index in [1.54, 1.807) is 33.5 Å². The van der Waals surface area contributed by atoms with Crippen LogP contribution < -0.4 is 14.3 Å². The van der Waals surface area contributed by atoms with Crippen molar-refractivity contribution in [1.82, 2.24) is 19.6 Å². The third-order valence-electron chi connectivity index (χ3n) is 7.77. The molecule has 1 atom stereocenters. The average Bonchev–Trinajstić information content (AvgIpc) is 3.51. The molecule has 0 bridgehead atoms. The number of benzene rings is 1. The Morgan fingerprint density at radius 2 is 1.98 bits per heavy atom. The highest BCUT2D eigenvalue weighted by atomic mass is 32.3. The quantitative estimate of drug-likeness (QED) is 0.285. The number of hydrogen-bond acceptors (Lipinski definition) is 10. The second-order valence-corrected chi connectivity index (χ2v) is 15.4. The summed E-state index contributed by atoms with van der Waals surface area (Å²) in [5, 5.41) is 3.76. The number of carbonyl (C=O) groups is 1. The fourth-order valence-electron chi connectivity index (χ4n) is 5.44. The number of sulfonamides is 1. The molecule has 2 aromatic heterocycles. The monoisotopic (exact) mass is 604 g/mol. The van der Waals surface area contributed by atoms with Crippen LogP contribution in [0.1, 0.15) is 47.8 Å². The maximum atomic E-state index is 13.4. The fourth-order valence-corrected chi connectivity index (χ4v) is 8.95. The van der Waals surface area contributed by atoms with Crippen molar-refractivity contribution >= 4 is 54.8 Å². The number of thiazole rings is 1. The summed E-state index contributed by atoms with van der Waals surface area (Å²) in [5.41, 5.74) is 2.33. The maximum absolute atomic E-state index is 13.4. The van der Waals surface area contributed by atoms with Gasteiger partial charge in [0.25, 0.3) is 5.91 Å². The summed E-state index contributed by atoms with van der Waals surface area (Å²) in [4.78, 5) is 25.2. The lowest BCUT2D eigenvalue weighted by atomic mass is 10.0. The van der Waals surface area contributed by atoms with E-state index < -0.39 is 20.8 Å². The first-order chi connectivity index (χ1) is 19.0. The largest absolute Gasteiger partial charge is 0.331 e. The van der Waals surface area contributed by atoms with Gasteiger partial charge in [0.2, 0.25) is 10.0 Å². The molecule has 6 rings (SSSR count). The normalized spacial score (nSPS) is 20.1. The van der Waals surface area contributed by atoms with Crippen LogP contribution in [0.25, 0.3) is 10.4 Å². The Balaban J connectivity index is 1.33. The van der Waals surface area contributed by atoms with Crippen molar-refractivity contribution in [3.8, 4) is 10.4 Å². The van der Waals surface area contributed by atoms with E-state index in [-0.39, 0.29) is 22.4 Å². The SMILES string of the molecule is CNS(=O)(=O)c1cc(-c2sc(Nc3cccc(N4CCCS4(O)O)n3)nc2C)cc2c1C(=O)N([C@@H](C)C1CC1)C2. The first kappa shape index (κ1) is 27.4. The number of aryl methyl sites for hydroxylation is 1. The molecule has 1 saturated heterocycles. The van der Waals surface area contributed by atoms with Gasteiger partial charge in [0.1, 0.15) is 11.6 Å².